The van der Waals surface area contributed by atoms with Gasteiger partial charge in [0.2, 0.25) is 0 Å². The summed E-state index contributed by atoms with van der Waals surface area (Å²) < 4.78 is 5.32. The van der Waals surface area contributed by atoms with Crippen molar-refractivity contribution in [2.75, 3.05) is 0 Å². The molecule has 0 amide bonds. The predicted octanol–water partition coefficient (Wildman–Crippen LogP) is 4.95. The lowest BCUT2D eigenvalue weighted by Crippen LogP contribution is -2.33. The molecule has 1 heterocycles. The Bertz CT molecular complexity index is 831. The van der Waals surface area contributed by atoms with Gasteiger partial charge in [0.15, 0.2) is 0 Å². The average Bonchev–Trinajstić information content (AvgIpc) is 3.22. The lowest BCUT2D eigenvalue weighted by molar-refractivity contribution is -0.137. The SMILES string of the molecule is C=C1CC(/C=C/C[C@H]2CC[C@H]3/C(=C/C=C4/C[C@@H](O)C[C@H](O)C4=C)CCC[C@]23C)OC1=O. The molecule has 3 aliphatic carbocycles. The summed E-state index contributed by atoms with van der Waals surface area (Å²) in [6, 6.07) is 0. The number of aliphatic hydroxyl groups excluding tert-OH is 2. The standard InChI is InChI=1S/C27H36O4/c1-17-14-23(31-26(17)30)8-4-7-21-11-12-24-19(6-5-13-27(21,24)3)9-10-20-15-22(28)16-25(29)18(20)2/h4,8-10,21-25,28-29H,1-2,5-7,11-16H2,3H3/b8-4+,19-9+,20-10-/t21-,22+,23?,24-,25-,27+/m0/s1. The van der Waals surface area contributed by atoms with Crippen LogP contribution in [0.1, 0.15) is 64.7 Å². The Labute approximate surface area is 186 Å². The van der Waals surface area contributed by atoms with E-state index in [-0.39, 0.29) is 12.1 Å². The monoisotopic (exact) mass is 424 g/mol. The Kier molecular flexibility index (Phi) is 6.41. The third kappa shape index (κ3) is 4.51. The Morgan fingerprint density at radius 2 is 2.00 bits per heavy atom. The van der Waals surface area contributed by atoms with E-state index < -0.39 is 12.2 Å². The van der Waals surface area contributed by atoms with Crippen molar-refractivity contribution in [1.29, 1.82) is 0 Å². The summed E-state index contributed by atoms with van der Waals surface area (Å²) in [5.74, 6) is 0.963. The fourth-order valence-electron chi connectivity index (χ4n) is 6.29. The predicted molar refractivity (Wildman–Crippen MR) is 122 cm³/mol. The van der Waals surface area contributed by atoms with Crippen LogP contribution in [0.4, 0.5) is 0 Å². The number of ether oxygens (including phenoxy) is 1. The summed E-state index contributed by atoms with van der Waals surface area (Å²) in [6.07, 6.45) is 16.0. The van der Waals surface area contributed by atoms with Gasteiger partial charge in [-0.2, -0.15) is 0 Å². The van der Waals surface area contributed by atoms with Crippen LogP contribution in [0.25, 0.3) is 0 Å². The molecule has 1 unspecified atom stereocenters. The highest BCUT2D eigenvalue weighted by atomic mass is 16.5. The number of carbonyl (C=O) groups is 1. The van der Waals surface area contributed by atoms with Crippen LogP contribution in [-0.2, 0) is 9.53 Å². The molecule has 1 aliphatic heterocycles. The minimum atomic E-state index is -0.635. The molecule has 0 radical (unpaired) electrons. The van der Waals surface area contributed by atoms with E-state index in [0.717, 1.165) is 24.0 Å². The van der Waals surface area contributed by atoms with E-state index in [2.05, 4.69) is 38.3 Å². The van der Waals surface area contributed by atoms with Crippen LogP contribution >= 0.6 is 0 Å². The lowest BCUT2D eigenvalue weighted by atomic mass is 9.63. The number of rotatable bonds is 4. The second-order valence-corrected chi connectivity index (χ2v) is 10.2. The summed E-state index contributed by atoms with van der Waals surface area (Å²) in [4.78, 5) is 11.5. The van der Waals surface area contributed by atoms with E-state index in [1.807, 2.05) is 6.08 Å². The molecular weight excluding hydrogens is 388 g/mol. The average molecular weight is 425 g/mol. The minimum Gasteiger partial charge on any atom is -0.454 e. The summed E-state index contributed by atoms with van der Waals surface area (Å²) >= 11 is 0. The van der Waals surface area contributed by atoms with Gasteiger partial charge < -0.3 is 14.9 Å². The zero-order valence-corrected chi connectivity index (χ0v) is 18.7. The second-order valence-electron chi connectivity index (χ2n) is 10.2. The topological polar surface area (TPSA) is 66.8 Å². The lowest BCUT2D eigenvalue weighted by Gasteiger charge is -2.42. The highest BCUT2D eigenvalue weighted by molar-refractivity contribution is 5.90. The van der Waals surface area contributed by atoms with Crippen LogP contribution in [-0.4, -0.2) is 34.5 Å². The molecule has 168 valence electrons. The van der Waals surface area contributed by atoms with Crippen molar-refractivity contribution in [2.24, 2.45) is 17.3 Å². The number of allylic oxidation sites excluding steroid dienone is 4. The number of fused-ring (bicyclic) bond motifs is 1. The molecule has 4 aliphatic rings. The molecule has 0 spiro atoms. The smallest absolute Gasteiger partial charge is 0.334 e. The Morgan fingerprint density at radius 1 is 1.19 bits per heavy atom. The first-order chi connectivity index (χ1) is 14.8. The van der Waals surface area contributed by atoms with Gasteiger partial charge in [-0.25, -0.2) is 4.79 Å². The van der Waals surface area contributed by atoms with Gasteiger partial charge in [0, 0.05) is 18.4 Å². The van der Waals surface area contributed by atoms with Crippen LogP contribution in [0.15, 0.2) is 59.8 Å². The van der Waals surface area contributed by atoms with Crippen LogP contribution in [0.5, 0.6) is 0 Å². The van der Waals surface area contributed by atoms with Gasteiger partial charge >= 0.3 is 5.97 Å². The molecule has 4 rings (SSSR count). The first-order valence-electron chi connectivity index (χ1n) is 11.8. The van der Waals surface area contributed by atoms with E-state index in [9.17, 15) is 15.0 Å². The molecule has 4 fully saturated rings. The Balaban J connectivity index is 1.43. The van der Waals surface area contributed by atoms with Crippen molar-refractivity contribution in [3.63, 3.8) is 0 Å². The Morgan fingerprint density at radius 3 is 2.74 bits per heavy atom. The number of esters is 1. The summed E-state index contributed by atoms with van der Waals surface area (Å²) in [5.41, 5.74) is 4.11. The van der Waals surface area contributed by atoms with E-state index in [1.165, 1.54) is 31.3 Å². The molecule has 3 saturated carbocycles. The molecule has 2 N–H and O–H groups in total. The summed E-state index contributed by atoms with van der Waals surface area (Å²) in [7, 11) is 0. The van der Waals surface area contributed by atoms with Crippen molar-refractivity contribution in [2.45, 2.75) is 83.0 Å². The van der Waals surface area contributed by atoms with Crippen molar-refractivity contribution in [3.8, 4) is 0 Å². The van der Waals surface area contributed by atoms with Gasteiger partial charge in [0.05, 0.1) is 12.2 Å². The van der Waals surface area contributed by atoms with Crippen molar-refractivity contribution >= 4 is 5.97 Å². The fraction of sp³-hybridized carbons (Fsp3) is 0.593. The second kappa shape index (κ2) is 8.91. The molecule has 4 nitrogen and oxygen atoms in total. The Hall–Kier alpha value is -1.91. The maximum atomic E-state index is 11.5. The molecule has 0 aromatic carbocycles. The van der Waals surface area contributed by atoms with E-state index in [0.29, 0.717) is 42.1 Å². The van der Waals surface area contributed by atoms with E-state index in [1.54, 1.807) is 0 Å². The van der Waals surface area contributed by atoms with Gasteiger partial charge in [0.1, 0.15) is 6.10 Å². The first kappa shape index (κ1) is 22.3. The van der Waals surface area contributed by atoms with Crippen LogP contribution in [0.3, 0.4) is 0 Å². The van der Waals surface area contributed by atoms with Crippen LogP contribution < -0.4 is 0 Å². The number of hydrogen-bond donors (Lipinski definition) is 2. The van der Waals surface area contributed by atoms with Gasteiger partial charge in [0.25, 0.3) is 0 Å². The normalized spacial score (nSPS) is 41.4. The molecular formula is C27H36O4. The van der Waals surface area contributed by atoms with Crippen LogP contribution in [0, 0.1) is 17.3 Å². The first-order valence-corrected chi connectivity index (χ1v) is 11.8. The molecule has 31 heavy (non-hydrogen) atoms. The van der Waals surface area contributed by atoms with Crippen molar-refractivity contribution in [3.05, 3.63) is 59.8 Å². The highest BCUT2D eigenvalue weighted by Gasteiger charge is 2.48. The highest BCUT2D eigenvalue weighted by Crippen LogP contribution is 2.58. The zero-order valence-electron chi connectivity index (χ0n) is 18.7. The van der Waals surface area contributed by atoms with E-state index >= 15 is 0 Å². The van der Waals surface area contributed by atoms with Crippen LogP contribution in [0.2, 0.25) is 0 Å². The summed E-state index contributed by atoms with van der Waals surface area (Å²) in [6.45, 7) is 10.2. The summed E-state index contributed by atoms with van der Waals surface area (Å²) in [5, 5.41) is 20.1. The van der Waals surface area contributed by atoms with E-state index in [4.69, 9.17) is 4.74 Å². The van der Waals surface area contributed by atoms with Crippen molar-refractivity contribution < 1.29 is 19.7 Å². The molecule has 4 heteroatoms. The molecule has 0 aromatic rings. The molecule has 0 bridgehead atoms. The third-order valence-corrected chi connectivity index (χ3v) is 8.19. The number of aliphatic hydroxyl groups is 2. The number of hydrogen-bond acceptors (Lipinski definition) is 4. The minimum absolute atomic E-state index is 0.146. The molecule has 6 atom stereocenters. The maximum Gasteiger partial charge on any atom is 0.334 e. The zero-order chi connectivity index (χ0) is 22.2. The van der Waals surface area contributed by atoms with Gasteiger partial charge in [-0.05, 0) is 79.4 Å². The van der Waals surface area contributed by atoms with Gasteiger partial charge in [-0.3, -0.25) is 0 Å². The fourth-order valence-corrected chi connectivity index (χ4v) is 6.29. The number of cyclic esters (lactones) is 1. The quantitative estimate of drug-likeness (QED) is 0.381. The third-order valence-electron chi connectivity index (χ3n) is 8.19. The molecule has 0 aromatic heterocycles. The van der Waals surface area contributed by atoms with Crippen molar-refractivity contribution in [1.82, 2.24) is 0 Å². The van der Waals surface area contributed by atoms with Gasteiger partial charge in [-0.15, -0.1) is 0 Å². The van der Waals surface area contributed by atoms with Gasteiger partial charge in [-0.1, -0.05) is 43.9 Å². The number of carbonyl (C=O) groups excluding carboxylic acids is 1. The maximum absolute atomic E-state index is 11.5. The molecule has 1 saturated heterocycles. The largest absolute Gasteiger partial charge is 0.454 e.